The van der Waals surface area contributed by atoms with Gasteiger partial charge in [-0.25, -0.2) is 18.9 Å². The highest BCUT2D eigenvalue weighted by molar-refractivity contribution is 5.84. The summed E-state index contributed by atoms with van der Waals surface area (Å²) in [5.74, 6) is 1.25. The van der Waals surface area contributed by atoms with Crippen LogP contribution in [-0.4, -0.2) is 44.0 Å². The summed E-state index contributed by atoms with van der Waals surface area (Å²) >= 11 is 0. The molecule has 0 bridgehead atoms. The Kier molecular flexibility index (Phi) is 5.42. The number of fused-ring (bicyclic) bond motifs is 1. The van der Waals surface area contributed by atoms with E-state index in [9.17, 15) is 9.50 Å². The number of nitrogens with two attached hydrogens (primary N) is 1. The molecule has 1 aliphatic rings. The number of anilines is 1. The molecule has 164 valence electrons. The summed E-state index contributed by atoms with van der Waals surface area (Å²) in [5.41, 5.74) is 7.32. The lowest BCUT2D eigenvalue weighted by Crippen LogP contribution is -2.28. The number of nitrogens with zero attached hydrogens (tertiary/aromatic N) is 4. The van der Waals surface area contributed by atoms with Crippen LogP contribution in [0.25, 0.3) is 16.8 Å². The average Bonchev–Trinajstić information content (AvgIpc) is 3.24. The summed E-state index contributed by atoms with van der Waals surface area (Å²) < 4.78 is 27.8. The fourth-order valence-electron chi connectivity index (χ4n) is 3.86. The third-order valence-corrected chi connectivity index (χ3v) is 5.55. The average molecular weight is 435 g/mol. The minimum atomic E-state index is -0.488. The Bertz CT molecular complexity index is 1240. The van der Waals surface area contributed by atoms with E-state index in [-0.39, 0.29) is 30.0 Å². The summed E-state index contributed by atoms with van der Waals surface area (Å²) in [6.07, 6.45) is 2.86. The molecule has 32 heavy (non-hydrogen) atoms. The molecule has 2 atom stereocenters. The van der Waals surface area contributed by atoms with Crippen molar-refractivity contribution < 1.29 is 19.0 Å². The quantitative estimate of drug-likeness (QED) is 0.493. The lowest BCUT2D eigenvalue weighted by molar-refractivity contribution is -0.0283. The van der Waals surface area contributed by atoms with Crippen LogP contribution in [0.2, 0.25) is 0 Å². The monoisotopic (exact) mass is 435 g/mol. The molecule has 0 amide bonds. The van der Waals surface area contributed by atoms with Gasteiger partial charge in [-0.1, -0.05) is 18.2 Å². The van der Waals surface area contributed by atoms with Gasteiger partial charge in [0.1, 0.15) is 34.9 Å². The molecule has 4 aromatic rings. The maximum absolute atomic E-state index is 15.0. The van der Waals surface area contributed by atoms with Crippen molar-refractivity contribution >= 4 is 11.3 Å². The van der Waals surface area contributed by atoms with Gasteiger partial charge in [-0.2, -0.15) is 5.10 Å². The molecule has 0 saturated carbocycles. The number of aliphatic hydroxyl groups excluding tert-OH is 1. The highest BCUT2D eigenvalue weighted by atomic mass is 19.1. The second-order valence-electron chi connectivity index (χ2n) is 7.71. The fraction of sp³-hybridized carbons (Fsp3) is 0.261. The van der Waals surface area contributed by atoms with Crippen LogP contribution < -0.4 is 10.5 Å². The molecule has 0 unspecified atom stereocenters. The Morgan fingerprint density at radius 2 is 2.00 bits per heavy atom. The number of rotatable bonds is 5. The minimum absolute atomic E-state index is 0.000371. The number of benzene rings is 2. The molecule has 1 fully saturated rings. The van der Waals surface area contributed by atoms with Gasteiger partial charge in [0.15, 0.2) is 11.6 Å². The van der Waals surface area contributed by atoms with Crippen LogP contribution in [0.4, 0.5) is 10.2 Å². The van der Waals surface area contributed by atoms with E-state index in [1.165, 1.54) is 16.9 Å². The molecule has 2 aromatic heterocycles. The number of hydrogen-bond acceptors (Lipinski definition) is 7. The number of imidazole rings is 1. The number of aliphatic hydroxyl groups is 1. The summed E-state index contributed by atoms with van der Waals surface area (Å²) in [6.45, 7) is 0.412. The Labute approximate surface area is 183 Å². The van der Waals surface area contributed by atoms with Crippen molar-refractivity contribution in [3.63, 3.8) is 0 Å². The van der Waals surface area contributed by atoms with Gasteiger partial charge < -0.3 is 20.3 Å². The van der Waals surface area contributed by atoms with Gasteiger partial charge in [-0.05, 0) is 37.1 Å². The van der Waals surface area contributed by atoms with Gasteiger partial charge in [0.05, 0.1) is 19.3 Å². The van der Waals surface area contributed by atoms with Crippen molar-refractivity contribution in [2.45, 2.75) is 24.9 Å². The Morgan fingerprint density at radius 3 is 2.72 bits per heavy atom. The fourth-order valence-corrected chi connectivity index (χ4v) is 3.86. The van der Waals surface area contributed by atoms with Crippen molar-refractivity contribution in [1.82, 2.24) is 19.6 Å². The van der Waals surface area contributed by atoms with Crippen LogP contribution in [0, 0.1) is 5.82 Å². The predicted octanol–water partition coefficient (Wildman–Crippen LogP) is 3.56. The van der Waals surface area contributed by atoms with Crippen LogP contribution in [0.3, 0.4) is 0 Å². The highest BCUT2D eigenvalue weighted by Crippen LogP contribution is 2.33. The number of hydrogen-bond donors (Lipinski definition) is 2. The number of nitrogen functional groups attached to an aromatic ring is 1. The first kappa shape index (κ1) is 20.3. The first-order valence-electron chi connectivity index (χ1n) is 10.4. The van der Waals surface area contributed by atoms with Gasteiger partial charge >= 0.3 is 0 Å². The molecule has 0 spiro atoms. The second-order valence-corrected chi connectivity index (χ2v) is 7.71. The molecule has 0 aliphatic carbocycles. The van der Waals surface area contributed by atoms with E-state index >= 15 is 0 Å². The zero-order chi connectivity index (χ0) is 22.1. The maximum Gasteiger partial charge on any atom is 0.157 e. The molecule has 5 rings (SSSR count). The SMILES string of the molecule is Nc1nc([C@@H]2CC[C@H](CO)OC2)nn2cnc(-c3ccc(Oc4ccccc4)cc3F)c12. The number of ether oxygens (including phenoxy) is 2. The lowest BCUT2D eigenvalue weighted by atomic mass is 9.98. The molecule has 3 heterocycles. The third-order valence-electron chi connectivity index (χ3n) is 5.55. The third kappa shape index (κ3) is 3.88. The van der Waals surface area contributed by atoms with Gasteiger partial charge in [-0.3, -0.25) is 0 Å². The van der Waals surface area contributed by atoms with Gasteiger partial charge in [0, 0.05) is 17.5 Å². The van der Waals surface area contributed by atoms with E-state index in [2.05, 4.69) is 15.1 Å². The molecule has 2 aromatic carbocycles. The van der Waals surface area contributed by atoms with Crippen LogP contribution in [-0.2, 0) is 4.74 Å². The molecular formula is C23H22FN5O3. The van der Waals surface area contributed by atoms with Crippen molar-refractivity contribution in [3.8, 4) is 22.8 Å². The topological polar surface area (TPSA) is 108 Å². The molecule has 1 saturated heterocycles. The largest absolute Gasteiger partial charge is 0.457 e. The molecule has 1 aliphatic heterocycles. The van der Waals surface area contributed by atoms with E-state index in [1.54, 1.807) is 24.3 Å². The van der Waals surface area contributed by atoms with Crippen molar-refractivity contribution in [1.29, 1.82) is 0 Å². The van der Waals surface area contributed by atoms with E-state index in [1.807, 2.05) is 18.2 Å². The molecule has 8 nitrogen and oxygen atoms in total. The first-order valence-corrected chi connectivity index (χ1v) is 10.4. The lowest BCUT2D eigenvalue weighted by Gasteiger charge is -2.26. The van der Waals surface area contributed by atoms with Crippen molar-refractivity contribution in [3.05, 3.63) is 66.5 Å². The van der Waals surface area contributed by atoms with Crippen molar-refractivity contribution in [2.24, 2.45) is 0 Å². The van der Waals surface area contributed by atoms with Gasteiger partial charge in [0.25, 0.3) is 0 Å². The zero-order valence-electron chi connectivity index (χ0n) is 17.2. The van der Waals surface area contributed by atoms with E-state index < -0.39 is 5.82 Å². The Morgan fingerprint density at radius 1 is 1.16 bits per heavy atom. The zero-order valence-corrected chi connectivity index (χ0v) is 17.2. The second kappa shape index (κ2) is 8.52. The number of para-hydroxylation sites is 1. The number of aromatic nitrogens is 4. The van der Waals surface area contributed by atoms with Crippen molar-refractivity contribution in [2.75, 3.05) is 18.9 Å². The molecule has 3 N–H and O–H groups in total. The summed E-state index contributed by atoms with van der Waals surface area (Å²) in [6, 6.07) is 13.8. The molecule has 9 heteroatoms. The van der Waals surface area contributed by atoms with E-state index in [4.69, 9.17) is 15.2 Å². The summed E-state index contributed by atoms with van der Waals surface area (Å²) in [5, 5.41) is 13.8. The minimum Gasteiger partial charge on any atom is -0.457 e. The van der Waals surface area contributed by atoms with Gasteiger partial charge in [-0.15, -0.1) is 0 Å². The standard InChI is InChI=1S/C23H22FN5O3/c24-19-10-16(32-15-4-2-1-3-5-15)8-9-18(19)20-21-22(25)27-23(28-29(21)13-26-20)14-6-7-17(11-30)31-12-14/h1-5,8-10,13-14,17,30H,6-7,11-12H2,(H2,25,27,28)/t14-,17-/m1/s1. The van der Waals surface area contributed by atoms with Crippen LogP contribution in [0.15, 0.2) is 54.9 Å². The predicted molar refractivity (Wildman–Crippen MR) is 116 cm³/mol. The first-order chi connectivity index (χ1) is 15.6. The Hall–Kier alpha value is -3.56. The highest BCUT2D eigenvalue weighted by Gasteiger charge is 2.26. The number of halogens is 1. The van der Waals surface area contributed by atoms with E-state index in [0.29, 0.717) is 35.1 Å². The molecule has 0 radical (unpaired) electrons. The van der Waals surface area contributed by atoms with Crippen LogP contribution in [0.1, 0.15) is 24.6 Å². The Balaban J connectivity index is 1.43. The van der Waals surface area contributed by atoms with Crippen LogP contribution >= 0.6 is 0 Å². The maximum atomic E-state index is 15.0. The smallest absolute Gasteiger partial charge is 0.157 e. The summed E-state index contributed by atoms with van der Waals surface area (Å²) in [4.78, 5) is 8.80. The summed E-state index contributed by atoms with van der Waals surface area (Å²) in [7, 11) is 0. The normalized spacial score (nSPS) is 18.7. The van der Waals surface area contributed by atoms with Crippen LogP contribution in [0.5, 0.6) is 11.5 Å². The van der Waals surface area contributed by atoms with E-state index in [0.717, 1.165) is 12.8 Å². The van der Waals surface area contributed by atoms with Gasteiger partial charge in [0.2, 0.25) is 0 Å². The molecular weight excluding hydrogens is 413 g/mol.